The lowest BCUT2D eigenvalue weighted by atomic mass is 10.1. The standard InChI is InChI=1S/C15H22BrN3O/c1-11(12-3-5-13(16)6-4-12)17-15(20)18-14-7-9-19(2)10-8-14/h3-6,11,14H,7-10H2,1-2H3,(H2,17,18,20). The number of rotatable bonds is 3. The van der Waals surface area contributed by atoms with Gasteiger partial charge < -0.3 is 15.5 Å². The van der Waals surface area contributed by atoms with Crippen molar-refractivity contribution in [2.75, 3.05) is 20.1 Å². The van der Waals surface area contributed by atoms with Gasteiger partial charge in [0.15, 0.2) is 0 Å². The van der Waals surface area contributed by atoms with Gasteiger partial charge in [-0.15, -0.1) is 0 Å². The maximum Gasteiger partial charge on any atom is 0.315 e. The molecule has 1 atom stereocenters. The zero-order chi connectivity index (χ0) is 14.5. The Morgan fingerprint density at radius 3 is 2.50 bits per heavy atom. The molecule has 0 spiro atoms. The number of amides is 2. The molecule has 2 rings (SSSR count). The highest BCUT2D eigenvalue weighted by Crippen LogP contribution is 2.16. The summed E-state index contributed by atoms with van der Waals surface area (Å²) in [5.74, 6) is 0. The van der Waals surface area contributed by atoms with E-state index in [-0.39, 0.29) is 12.1 Å². The fourth-order valence-electron chi connectivity index (χ4n) is 2.41. The number of benzene rings is 1. The number of nitrogens with zero attached hydrogens (tertiary/aromatic N) is 1. The third-order valence-corrected chi connectivity index (χ3v) is 4.30. The number of carbonyl (C=O) groups is 1. The lowest BCUT2D eigenvalue weighted by molar-refractivity contribution is 0.212. The SMILES string of the molecule is CC(NC(=O)NC1CCN(C)CC1)c1ccc(Br)cc1. The summed E-state index contributed by atoms with van der Waals surface area (Å²) >= 11 is 3.41. The lowest BCUT2D eigenvalue weighted by Crippen LogP contribution is -2.47. The van der Waals surface area contributed by atoms with Gasteiger partial charge in [0.1, 0.15) is 0 Å². The Morgan fingerprint density at radius 2 is 1.90 bits per heavy atom. The van der Waals surface area contributed by atoms with E-state index in [1.807, 2.05) is 31.2 Å². The number of piperidine rings is 1. The van der Waals surface area contributed by atoms with Gasteiger partial charge in [-0.3, -0.25) is 0 Å². The highest BCUT2D eigenvalue weighted by atomic mass is 79.9. The van der Waals surface area contributed by atoms with E-state index < -0.39 is 0 Å². The third-order valence-electron chi connectivity index (χ3n) is 3.77. The van der Waals surface area contributed by atoms with Gasteiger partial charge in [-0.25, -0.2) is 4.79 Å². The molecule has 2 N–H and O–H groups in total. The summed E-state index contributed by atoms with van der Waals surface area (Å²) in [6.07, 6.45) is 2.05. The first-order valence-corrected chi connectivity index (χ1v) is 7.85. The molecule has 0 bridgehead atoms. The molecule has 0 aliphatic carbocycles. The van der Waals surface area contributed by atoms with Crippen molar-refractivity contribution in [1.29, 1.82) is 0 Å². The lowest BCUT2D eigenvalue weighted by Gasteiger charge is -2.29. The molecule has 0 saturated carbocycles. The average molecular weight is 340 g/mol. The van der Waals surface area contributed by atoms with Crippen molar-refractivity contribution in [1.82, 2.24) is 15.5 Å². The van der Waals surface area contributed by atoms with Crippen LogP contribution in [0.25, 0.3) is 0 Å². The molecule has 1 saturated heterocycles. The predicted octanol–water partition coefficient (Wildman–Crippen LogP) is 2.90. The molecule has 1 aromatic carbocycles. The summed E-state index contributed by atoms with van der Waals surface area (Å²) in [5, 5.41) is 6.06. The van der Waals surface area contributed by atoms with Gasteiger partial charge in [0.05, 0.1) is 6.04 Å². The zero-order valence-corrected chi connectivity index (χ0v) is 13.6. The molecule has 1 unspecified atom stereocenters. The second-order valence-electron chi connectivity index (χ2n) is 5.47. The van der Waals surface area contributed by atoms with E-state index in [4.69, 9.17) is 0 Å². The van der Waals surface area contributed by atoms with Crippen LogP contribution in [0, 0.1) is 0 Å². The second-order valence-corrected chi connectivity index (χ2v) is 6.38. The highest BCUT2D eigenvalue weighted by molar-refractivity contribution is 9.10. The summed E-state index contributed by atoms with van der Waals surface area (Å²) < 4.78 is 1.05. The van der Waals surface area contributed by atoms with Gasteiger partial charge in [-0.2, -0.15) is 0 Å². The van der Waals surface area contributed by atoms with Crippen LogP contribution in [0.4, 0.5) is 4.79 Å². The average Bonchev–Trinajstić information content (AvgIpc) is 2.42. The van der Waals surface area contributed by atoms with E-state index >= 15 is 0 Å². The summed E-state index contributed by atoms with van der Waals surface area (Å²) in [6.45, 7) is 4.10. The fourth-order valence-corrected chi connectivity index (χ4v) is 2.68. The largest absolute Gasteiger partial charge is 0.335 e. The van der Waals surface area contributed by atoms with Gasteiger partial charge in [-0.05, 0) is 57.6 Å². The molecule has 0 radical (unpaired) electrons. The first-order valence-electron chi connectivity index (χ1n) is 7.05. The minimum Gasteiger partial charge on any atom is -0.335 e. The van der Waals surface area contributed by atoms with E-state index in [1.54, 1.807) is 0 Å². The summed E-state index contributed by atoms with van der Waals surface area (Å²) in [6, 6.07) is 8.24. The third kappa shape index (κ3) is 4.49. The Hall–Kier alpha value is -1.07. The quantitative estimate of drug-likeness (QED) is 0.889. The Labute approximate surface area is 129 Å². The van der Waals surface area contributed by atoms with Crippen LogP contribution in [0.5, 0.6) is 0 Å². The van der Waals surface area contributed by atoms with Crippen molar-refractivity contribution in [3.8, 4) is 0 Å². The molecule has 20 heavy (non-hydrogen) atoms. The van der Waals surface area contributed by atoms with Crippen LogP contribution in [0.15, 0.2) is 28.7 Å². The fraction of sp³-hybridized carbons (Fsp3) is 0.533. The van der Waals surface area contributed by atoms with Crippen molar-refractivity contribution < 1.29 is 4.79 Å². The van der Waals surface area contributed by atoms with Crippen molar-refractivity contribution in [2.45, 2.75) is 31.8 Å². The molecule has 1 aliphatic heterocycles. The molecular weight excluding hydrogens is 318 g/mol. The highest BCUT2D eigenvalue weighted by Gasteiger charge is 2.19. The second kappa shape index (κ2) is 7.09. The Balaban J connectivity index is 1.80. The predicted molar refractivity (Wildman–Crippen MR) is 84.7 cm³/mol. The Bertz CT molecular complexity index is 441. The van der Waals surface area contributed by atoms with Crippen molar-refractivity contribution in [2.24, 2.45) is 0 Å². The van der Waals surface area contributed by atoms with E-state index in [1.165, 1.54) is 0 Å². The van der Waals surface area contributed by atoms with E-state index in [0.29, 0.717) is 6.04 Å². The number of likely N-dealkylation sites (tertiary alicyclic amines) is 1. The number of halogens is 1. The first kappa shape index (κ1) is 15.3. The number of hydrogen-bond donors (Lipinski definition) is 2. The maximum atomic E-state index is 12.0. The van der Waals surface area contributed by atoms with Gasteiger partial charge in [0.2, 0.25) is 0 Å². The smallest absolute Gasteiger partial charge is 0.315 e. The molecule has 1 heterocycles. The molecule has 4 nitrogen and oxygen atoms in total. The number of nitrogens with one attached hydrogen (secondary N) is 2. The summed E-state index contributed by atoms with van der Waals surface area (Å²) in [4.78, 5) is 14.3. The molecule has 1 fully saturated rings. The minimum atomic E-state index is -0.0741. The topological polar surface area (TPSA) is 44.4 Å². The Kier molecular flexibility index (Phi) is 5.43. The van der Waals surface area contributed by atoms with Gasteiger partial charge in [0, 0.05) is 10.5 Å². The molecule has 2 amide bonds. The van der Waals surface area contributed by atoms with Gasteiger partial charge in [0.25, 0.3) is 0 Å². The summed E-state index contributed by atoms with van der Waals surface area (Å²) in [5.41, 5.74) is 1.10. The van der Waals surface area contributed by atoms with Crippen LogP contribution in [-0.4, -0.2) is 37.1 Å². The molecule has 1 aliphatic rings. The van der Waals surface area contributed by atoms with E-state index in [9.17, 15) is 4.79 Å². The van der Waals surface area contributed by atoms with Crippen LogP contribution >= 0.6 is 15.9 Å². The maximum absolute atomic E-state index is 12.0. The first-order chi connectivity index (χ1) is 9.54. The molecule has 110 valence electrons. The van der Waals surface area contributed by atoms with E-state index in [0.717, 1.165) is 36.0 Å². The van der Waals surface area contributed by atoms with Gasteiger partial charge in [-0.1, -0.05) is 28.1 Å². The summed E-state index contributed by atoms with van der Waals surface area (Å²) in [7, 11) is 2.12. The van der Waals surface area contributed by atoms with Crippen molar-refractivity contribution >= 4 is 22.0 Å². The molecular formula is C15H22BrN3O. The van der Waals surface area contributed by atoms with Crippen LogP contribution < -0.4 is 10.6 Å². The molecule has 5 heteroatoms. The van der Waals surface area contributed by atoms with Crippen LogP contribution in [0.1, 0.15) is 31.4 Å². The molecule has 0 aromatic heterocycles. The van der Waals surface area contributed by atoms with Crippen LogP contribution in [0.2, 0.25) is 0 Å². The number of urea groups is 1. The van der Waals surface area contributed by atoms with Crippen LogP contribution in [0.3, 0.4) is 0 Å². The number of carbonyl (C=O) groups excluding carboxylic acids is 1. The van der Waals surface area contributed by atoms with Crippen molar-refractivity contribution in [3.63, 3.8) is 0 Å². The normalized spacial score (nSPS) is 18.6. The number of hydrogen-bond acceptors (Lipinski definition) is 2. The van der Waals surface area contributed by atoms with Gasteiger partial charge >= 0.3 is 6.03 Å². The zero-order valence-electron chi connectivity index (χ0n) is 12.0. The monoisotopic (exact) mass is 339 g/mol. The van der Waals surface area contributed by atoms with Crippen LogP contribution in [-0.2, 0) is 0 Å². The molecule has 1 aromatic rings. The minimum absolute atomic E-state index is 0.00867. The van der Waals surface area contributed by atoms with Crippen molar-refractivity contribution in [3.05, 3.63) is 34.3 Å². The Morgan fingerprint density at radius 1 is 1.30 bits per heavy atom. The van der Waals surface area contributed by atoms with E-state index in [2.05, 4.69) is 38.5 Å².